The summed E-state index contributed by atoms with van der Waals surface area (Å²) in [6.45, 7) is 1.99. The number of nitriles is 1. The summed E-state index contributed by atoms with van der Waals surface area (Å²) >= 11 is 3.45. The van der Waals surface area contributed by atoms with Crippen LogP contribution in [0.5, 0.6) is 0 Å². The Balaban J connectivity index is 1.77. The third kappa shape index (κ3) is 2.65. The van der Waals surface area contributed by atoms with Gasteiger partial charge in [0.2, 0.25) is 0 Å². The van der Waals surface area contributed by atoms with E-state index in [2.05, 4.69) is 22.0 Å². The number of rotatable bonds is 2. The molecule has 0 fully saturated rings. The van der Waals surface area contributed by atoms with Crippen molar-refractivity contribution >= 4 is 32.7 Å². The van der Waals surface area contributed by atoms with Crippen LogP contribution in [0.15, 0.2) is 69.7 Å². The lowest BCUT2D eigenvalue weighted by Crippen LogP contribution is -2.09. The molecule has 0 unspecified atom stereocenters. The number of benzene rings is 2. The van der Waals surface area contributed by atoms with Gasteiger partial charge in [-0.3, -0.25) is 9.36 Å². The molecule has 0 spiro atoms. The first-order valence-electron chi connectivity index (χ1n) is 8.00. The SMILES string of the molecule is Cc1cc(Br)ccc1-c1ccc(C(=O)n2cc(C#N)c3ccccc32)o1. The Kier molecular flexibility index (Phi) is 3.98. The molecule has 0 atom stereocenters. The fraction of sp³-hybridized carbons (Fsp3) is 0.0476. The molecule has 0 aliphatic carbocycles. The summed E-state index contributed by atoms with van der Waals surface area (Å²) in [5.74, 6) is 0.562. The van der Waals surface area contributed by atoms with Crippen molar-refractivity contribution in [3.05, 3.63) is 82.2 Å². The standard InChI is InChI=1S/C21H13BrN2O2/c1-13-10-15(22)6-7-16(13)19-8-9-20(26-19)21(25)24-12-14(11-23)17-4-2-3-5-18(17)24/h2-10,12H,1H3. The zero-order valence-corrected chi connectivity index (χ0v) is 15.4. The van der Waals surface area contributed by atoms with Gasteiger partial charge >= 0.3 is 0 Å². The minimum absolute atomic E-state index is 0.229. The summed E-state index contributed by atoms with van der Waals surface area (Å²) in [5, 5.41) is 10.1. The second-order valence-corrected chi connectivity index (χ2v) is 6.89. The first-order valence-corrected chi connectivity index (χ1v) is 8.79. The summed E-state index contributed by atoms with van der Waals surface area (Å²) in [6, 6.07) is 18.8. The average Bonchev–Trinajstić information content (AvgIpc) is 3.26. The van der Waals surface area contributed by atoms with E-state index in [4.69, 9.17) is 4.42 Å². The molecule has 2 aromatic carbocycles. The highest BCUT2D eigenvalue weighted by atomic mass is 79.9. The minimum Gasteiger partial charge on any atom is -0.451 e. The summed E-state index contributed by atoms with van der Waals surface area (Å²) in [4.78, 5) is 12.9. The Morgan fingerprint density at radius 2 is 1.96 bits per heavy atom. The van der Waals surface area contributed by atoms with Gasteiger partial charge in [0.1, 0.15) is 11.8 Å². The highest BCUT2D eigenvalue weighted by molar-refractivity contribution is 9.10. The zero-order chi connectivity index (χ0) is 18.3. The van der Waals surface area contributed by atoms with E-state index in [0.717, 1.165) is 21.0 Å². The summed E-state index contributed by atoms with van der Waals surface area (Å²) in [6.07, 6.45) is 1.56. The largest absolute Gasteiger partial charge is 0.451 e. The number of nitrogens with zero attached hydrogens (tertiary/aromatic N) is 2. The monoisotopic (exact) mass is 404 g/mol. The maximum Gasteiger partial charge on any atom is 0.298 e. The quantitative estimate of drug-likeness (QED) is 0.441. The van der Waals surface area contributed by atoms with Gasteiger partial charge in [-0.25, -0.2) is 0 Å². The van der Waals surface area contributed by atoms with Gasteiger partial charge in [0.25, 0.3) is 5.91 Å². The van der Waals surface area contributed by atoms with E-state index >= 15 is 0 Å². The van der Waals surface area contributed by atoms with Gasteiger partial charge in [-0.15, -0.1) is 0 Å². The number of fused-ring (bicyclic) bond motifs is 1. The molecular formula is C21H13BrN2O2. The van der Waals surface area contributed by atoms with Crippen molar-refractivity contribution in [2.24, 2.45) is 0 Å². The van der Waals surface area contributed by atoms with Crippen molar-refractivity contribution in [3.63, 3.8) is 0 Å². The normalized spacial score (nSPS) is 10.8. The lowest BCUT2D eigenvalue weighted by Gasteiger charge is -2.04. The first-order chi connectivity index (χ1) is 12.6. The molecule has 0 saturated carbocycles. The molecule has 4 aromatic rings. The van der Waals surface area contributed by atoms with E-state index in [-0.39, 0.29) is 11.7 Å². The number of carbonyl (C=O) groups is 1. The molecule has 4 nitrogen and oxygen atoms in total. The molecular weight excluding hydrogens is 392 g/mol. The molecule has 5 heteroatoms. The fourth-order valence-electron chi connectivity index (χ4n) is 3.06. The topological polar surface area (TPSA) is 58.9 Å². The van der Waals surface area contributed by atoms with E-state index in [1.807, 2.05) is 49.4 Å². The van der Waals surface area contributed by atoms with Crippen LogP contribution in [0, 0.1) is 18.3 Å². The number of halogens is 1. The molecule has 0 amide bonds. The predicted molar refractivity (Wildman–Crippen MR) is 103 cm³/mol. The van der Waals surface area contributed by atoms with Gasteiger partial charge in [-0.2, -0.15) is 5.26 Å². The lowest BCUT2D eigenvalue weighted by atomic mass is 10.1. The molecule has 2 aromatic heterocycles. The van der Waals surface area contributed by atoms with Gasteiger partial charge in [0.05, 0.1) is 11.1 Å². The Labute approximate surface area is 158 Å². The highest BCUT2D eigenvalue weighted by Crippen LogP contribution is 2.29. The van der Waals surface area contributed by atoms with Crippen molar-refractivity contribution in [2.45, 2.75) is 6.92 Å². The molecule has 4 rings (SSSR count). The second kappa shape index (κ2) is 6.32. The van der Waals surface area contributed by atoms with Crippen molar-refractivity contribution < 1.29 is 9.21 Å². The van der Waals surface area contributed by atoms with Crippen molar-refractivity contribution in [3.8, 4) is 17.4 Å². The van der Waals surface area contributed by atoms with E-state index in [1.165, 1.54) is 4.57 Å². The third-order valence-electron chi connectivity index (χ3n) is 4.32. The summed E-state index contributed by atoms with van der Waals surface area (Å²) in [7, 11) is 0. The molecule has 0 radical (unpaired) electrons. The highest BCUT2D eigenvalue weighted by Gasteiger charge is 2.19. The number of aromatic nitrogens is 1. The van der Waals surface area contributed by atoms with E-state index < -0.39 is 0 Å². The Morgan fingerprint density at radius 1 is 1.15 bits per heavy atom. The van der Waals surface area contributed by atoms with Crippen LogP contribution in [-0.4, -0.2) is 10.5 Å². The van der Waals surface area contributed by atoms with Crippen LogP contribution in [0.3, 0.4) is 0 Å². The van der Waals surface area contributed by atoms with Gasteiger partial charge in [0, 0.05) is 21.6 Å². The van der Waals surface area contributed by atoms with Crippen LogP contribution < -0.4 is 0 Å². The molecule has 2 heterocycles. The molecule has 0 saturated heterocycles. The maximum atomic E-state index is 12.9. The lowest BCUT2D eigenvalue weighted by molar-refractivity contribution is 0.0938. The number of hydrogen-bond acceptors (Lipinski definition) is 3. The number of aryl methyl sites for hydroxylation is 1. The number of hydrogen-bond donors (Lipinski definition) is 0. The molecule has 0 N–H and O–H groups in total. The van der Waals surface area contributed by atoms with Gasteiger partial charge < -0.3 is 4.42 Å². The fourth-order valence-corrected chi connectivity index (χ4v) is 3.53. The molecule has 126 valence electrons. The second-order valence-electron chi connectivity index (χ2n) is 5.97. The number of carbonyl (C=O) groups excluding carboxylic acids is 1. The predicted octanol–water partition coefficient (Wildman–Crippen LogP) is 5.53. The number of para-hydroxylation sites is 1. The van der Waals surface area contributed by atoms with E-state index in [0.29, 0.717) is 16.8 Å². The van der Waals surface area contributed by atoms with Crippen LogP contribution in [0.2, 0.25) is 0 Å². The molecule has 26 heavy (non-hydrogen) atoms. The molecule has 0 aliphatic rings. The smallest absolute Gasteiger partial charge is 0.298 e. The number of furan rings is 1. The van der Waals surface area contributed by atoms with E-state index in [9.17, 15) is 10.1 Å². The Hall–Kier alpha value is -3.10. The van der Waals surface area contributed by atoms with Gasteiger partial charge in [0.15, 0.2) is 5.76 Å². The van der Waals surface area contributed by atoms with Crippen LogP contribution in [-0.2, 0) is 0 Å². The van der Waals surface area contributed by atoms with Crippen LogP contribution in [0.4, 0.5) is 0 Å². The summed E-state index contributed by atoms with van der Waals surface area (Å²) < 4.78 is 8.28. The van der Waals surface area contributed by atoms with E-state index in [1.54, 1.807) is 18.3 Å². The van der Waals surface area contributed by atoms with Crippen LogP contribution >= 0.6 is 15.9 Å². The molecule has 0 aliphatic heterocycles. The van der Waals surface area contributed by atoms with Crippen LogP contribution in [0.25, 0.3) is 22.2 Å². The Bertz CT molecular complexity index is 1190. The zero-order valence-electron chi connectivity index (χ0n) is 13.9. The Morgan fingerprint density at radius 3 is 2.73 bits per heavy atom. The van der Waals surface area contributed by atoms with Crippen LogP contribution in [0.1, 0.15) is 21.7 Å². The minimum atomic E-state index is -0.302. The molecule has 0 bridgehead atoms. The van der Waals surface area contributed by atoms with Crippen molar-refractivity contribution in [1.82, 2.24) is 4.57 Å². The maximum absolute atomic E-state index is 12.9. The van der Waals surface area contributed by atoms with Crippen molar-refractivity contribution in [2.75, 3.05) is 0 Å². The first kappa shape index (κ1) is 16.4. The summed E-state index contributed by atoms with van der Waals surface area (Å²) in [5.41, 5.74) is 3.13. The average molecular weight is 405 g/mol. The third-order valence-corrected chi connectivity index (χ3v) is 4.82. The van der Waals surface area contributed by atoms with Crippen molar-refractivity contribution in [1.29, 1.82) is 5.26 Å². The van der Waals surface area contributed by atoms with Gasteiger partial charge in [-0.05, 0) is 48.9 Å². The van der Waals surface area contributed by atoms with Gasteiger partial charge in [-0.1, -0.05) is 34.1 Å².